The number of hydrogen-bond donors (Lipinski definition) is 2. The average molecular weight is 565 g/mol. The highest BCUT2D eigenvalue weighted by Crippen LogP contribution is 2.33. The van der Waals surface area contributed by atoms with Gasteiger partial charge in [-0.25, -0.2) is 21.8 Å². The summed E-state index contributed by atoms with van der Waals surface area (Å²) in [6, 6.07) is 4.86. The molecule has 3 heterocycles. The summed E-state index contributed by atoms with van der Waals surface area (Å²) < 4.78 is 52.2. The maximum atomic E-state index is 13.6. The first kappa shape index (κ1) is 28.2. The number of benzene rings is 1. The highest BCUT2D eigenvalue weighted by Gasteiger charge is 2.30. The van der Waals surface area contributed by atoms with Gasteiger partial charge in [0, 0.05) is 44.6 Å². The summed E-state index contributed by atoms with van der Waals surface area (Å²) in [7, 11) is -7.12. The van der Waals surface area contributed by atoms with Crippen LogP contribution >= 0.6 is 0 Å². The molecule has 0 radical (unpaired) electrons. The molecule has 0 bridgehead atoms. The quantitative estimate of drug-likeness (QED) is 0.393. The van der Waals surface area contributed by atoms with E-state index in [1.54, 1.807) is 18.2 Å². The van der Waals surface area contributed by atoms with Crippen LogP contribution in [0.5, 0.6) is 0 Å². The number of piperazine rings is 1. The van der Waals surface area contributed by atoms with Gasteiger partial charge in [-0.15, -0.1) is 0 Å². The first-order valence-corrected chi connectivity index (χ1v) is 16.6. The van der Waals surface area contributed by atoms with Crippen LogP contribution in [0.1, 0.15) is 54.9 Å². The van der Waals surface area contributed by atoms with Crippen LogP contribution in [0.25, 0.3) is 0 Å². The van der Waals surface area contributed by atoms with Gasteiger partial charge in [-0.05, 0) is 36.6 Å². The maximum absolute atomic E-state index is 13.6. The summed E-state index contributed by atoms with van der Waals surface area (Å²) in [6.07, 6.45) is 7.61. The normalized spacial score (nSPS) is 15.9. The molecular formula is C25H36N6O5S2. The highest BCUT2D eigenvalue weighted by atomic mass is 32.2. The van der Waals surface area contributed by atoms with Crippen LogP contribution in [0.4, 0.5) is 17.5 Å². The molecule has 4 rings (SSSR count). The summed E-state index contributed by atoms with van der Waals surface area (Å²) in [5, 5.41) is 3.24. The number of nitrogens with zero attached hydrogens (tertiary/aromatic N) is 4. The van der Waals surface area contributed by atoms with Crippen molar-refractivity contribution < 1.29 is 21.6 Å². The number of anilines is 3. The summed E-state index contributed by atoms with van der Waals surface area (Å²) in [5.41, 5.74) is 1.40. The zero-order valence-electron chi connectivity index (χ0n) is 21.9. The van der Waals surface area contributed by atoms with Gasteiger partial charge in [-0.3, -0.25) is 9.52 Å². The second kappa shape index (κ2) is 12.0. The van der Waals surface area contributed by atoms with E-state index in [2.05, 4.69) is 26.9 Å². The van der Waals surface area contributed by atoms with Crippen LogP contribution in [0.2, 0.25) is 0 Å². The minimum atomic E-state index is -3.71. The molecule has 2 aliphatic heterocycles. The number of sulfone groups is 1. The van der Waals surface area contributed by atoms with E-state index in [-0.39, 0.29) is 22.0 Å². The zero-order chi connectivity index (χ0) is 27.3. The van der Waals surface area contributed by atoms with E-state index >= 15 is 0 Å². The molecule has 2 aliphatic rings. The molecule has 13 heteroatoms. The lowest BCUT2D eigenvalue weighted by atomic mass is 10.2. The minimum absolute atomic E-state index is 0.0333. The summed E-state index contributed by atoms with van der Waals surface area (Å²) in [5.74, 6) is -0.0688. The number of aromatic nitrogens is 2. The Morgan fingerprint density at radius 3 is 2.50 bits per heavy atom. The molecule has 2 N–H and O–H groups in total. The van der Waals surface area contributed by atoms with Crippen LogP contribution in [0.15, 0.2) is 29.3 Å². The van der Waals surface area contributed by atoms with Crippen LogP contribution in [0, 0.1) is 0 Å². The van der Waals surface area contributed by atoms with Crippen LogP contribution in [-0.2, 0) is 26.3 Å². The van der Waals surface area contributed by atoms with Gasteiger partial charge in [0.2, 0.25) is 16.0 Å². The molecule has 0 saturated carbocycles. The Balaban J connectivity index is 1.56. The Morgan fingerprint density at radius 1 is 1.05 bits per heavy atom. The van der Waals surface area contributed by atoms with Gasteiger partial charge in [0.05, 0.1) is 16.9 Å². The van der Waals surface area contributed by atoms with Crippen molar-refractivity contribution in [3.05, 3.63) is 35.5 Å². The van der Waals surface area contributed by atoms with Gasteiger partial charge in [-0.1, -0.05) is 32.6 Å². The molecule has 1 amide bonds. The predicted octanol–water partition coefficient (Wildman–Crippen LogP) is 2.20. The van der Waals surface area contributed by atoms with Crippen molar-refractivity contribution in [2.45, 2.75) is 50.3 Å². The van der Waals surface area contributed by atoms with Gasteiger partial charge >= 0.3 is 0 Å². The molecule has 1 aromatic heterocycles. The van der Waals surface area contributed by atoms with E-state index in [1.165, 1.54) is 11.1 Å². The lowest BCUT2D eigenvalue weighted by Gasteiger charge is -2.28. The summed E-state index contributed by atoms with van der Waals surface area (Å²) in [6.45, 7) is 5.28. The monoisotopic (exact) mass is 564 g/mol. The summed E-state index contributed by atoms with van der Waals surface area (Å²) >= 11 is 0. The molecule has 0 atom stereocenters. The Kier molecular flexibility index (Phi) is 8.89. The predicted molar refractivity (Wildman–Crippen MR) is 148 cm³/mol. The van der Waals surface area contributed by atoms with E-state index in [1.807, 2.05) is 4.90 Å². The van der Waals surface area contributed by atoms with E-state index in [9.17, 15) is 21.6 Å². The fourth-order valence-electron chi connectivity index (χ4n) is 4.74. The number of fused-ring (bicyclic) bond motifs is 1. The van der Waals surface area contributed by atoms with E-state index in [0.29, 0.717) is 44.1 Å². The van der Waals surface area contributed by atoms with Crippen molar-refractivity contribution in [3.63, 3.8) is 0 Å². The lowest BCUT2D eigenvalue weighted by Crippen LogP contribution is -2.44. The molecule has 0 spiro atoms. The van der Waals surface area contributed by atoms with E-state index in [0.717, 1.165) is 50.6 Å². The van der Waals surface area contributed by atoms with Gasteiger partial charge in [0.15, 0.2) is 15.7 Å². The van der Waals surface area contributed by atoms with Crippen molar-refractivity contribution >= 4 is 43.2 Å². The average Bonchev–Trinajstić information content (AvgIpc) is 3.31. The van der Waals surface area contributed by atoms with Crippen molar-refractivity contribution in [2.24, 2.45) is 0 Å². The molecule has 1 fully saturated rings. The van der Waals surface area contributed by atoms with Gasteiger partial charge in [0.25, 0.3) is 5.91 Å². The molecule has 0 unspecified atom stereocenters. The molecule has 38 heavy (non-hydrogen) atoms. The standard InChI is InChI=1S/C25H36N6O5S2/c1-3-4-5-6-7-16-38(35,36)20-8-9-22-19(17-20)10-13-31(22)24(32)21-18-27-25(30-14-11-26-12-15-30)28-23(21)29-37(2,33)34/h8-9,17-18,26H,3-7,10-16H2,1-2H3,(H,27,28,29). The zero-order valence-corrected chi connectivity index (χ0v) is 23.6. The molecule has 11 nitrogen and oxygen atoms in total. The van der Waals surface area contributed by atoms with Gasteiger partial charge in [0.1, 0.15) is 5.56 Å². The number of amides is 1. The van der Waals surface area contributed by atoms with Crippen LogP contribution in [0.3, 0.4) is 0 Å². The van der Waals surface area contributed by atoms with Crippen molar-refractivity contribution in [3.8, 4) is 0 Å². The number of hydrogen-bond acceptors (Lipinski definition) is 9. The first-order valence-electron chi connectivity index (χ1n) is 13.1. The fourth-order valence-corrected chi connectivity index (χ4v) is 6.66. The number of carbonyl (C=O) groups excluding carboxylic acids is 1. The SMILES string of the molecule is CCCCCCCS(=O)(=O)c1ccc2c(c1)CCN2C(=O)c1cnc(N2CCNCC2)nc1NS(C)(=O)=O. The van der Waals surface area contributed by atoms with E-state index in [4.69, 9.17) is 0 Å². The number of carbonyl (C=O) groups is 1. The number of sulfonamides is 1. The summed E-state index contributed by atoms with van der Waals surface area (Å²) in [4.78, 5) is 26.1. The van der Waals surface area contributed by atoms with Crippen LogP contribution < -0.4 is 19.8 Å². The van der Waals surface area contributed by atoms with Crippen molar-refractivity contribution in [1.29, 1.82) is 0 Å². The first-order chi connectivity index (χ1) is 18.1. The minimum Gasteiger partial charge on any atom is -0.338 e. The third-order valence-electron chi connectivity index (χ3n) is 6.76. The third kappa shape index (κ3) is 6.80. The smallest absolute Gasteiger partial charge is 0.263 e. The molecule has 1 saturated heterocycles. The maximum Gasteiger partial charge on any atom is 0.263 e. The number of nitrogens with one attached hydrogen (secondary N) is 2. The Labute approximate surface area is 225 Å². The molecule has 2 aromatic rings. The molecule has 1 aromatic carbocycles. The Bertz CT molecular complexity index is 1370. The van der Waals surface area contributed by atoms with Gasteiger partial charge in [-0.2, -0.15) is 4.98 Å². The number of rotatable bonds is 11. The molecule has 208 valence electrons. The number of unbranched alkanes of at least 4 members (excludes halogenated alkanes) is 4. The van der Waals surface area contributed by atoms with Crippen molar-refractivity contribution in [1.82, 2.24) is 15.3 Å². The Morgan fingerprint density at radius 2 is 1.79 bits per heavy atom. The largest absolute Gasteiger partial charge is 0.338 e. The second-order valence-corrected chi connectivity index (χ2v) is 13.6. The second-order valence-electron chi connectivity index (χ2n) is 9.77. The van der Waals surface area contributed by atoms with E-state index < -0.39 is 25.8 Å². The third-order valence-corrected chi connectivity index (χ3v) is 9.12. The van der Waals surface area contributed by atoms with Crippen LogP contribution in [-0.4, -0.2) is 77.4 Å². The Hall–Kier alpha value is -2.77. The fraction of sp³-hybridized carbons (Fsp3) is 0.560. The lowest BCUT2D eigenvalue weighted by molar-refractivity contribution is 0.0989. The van der Waals surface area contributed by atoms with Gasteiger partial charge < -0.3 is 15.1 Å². The topological polar surface area (TPSA) is 142 Å². The molecule has 0 aliphatic carbocycles. The molecular weight excluding hydrogens is 528 g/mol. The van der Waals surface area contributed by atoms with Crippen molar-refractivity contribution in [2.75, 3.05) is 59.3 Å². The highest BCUT2D eigenvalue weighted by molar-refractivity contribution is 7.92.